The van der Waals surface area contributed by atoms with Crippen molar-refractivity contribution in [2.75, 3.05) is 17.4 Å². The molecule has 4 amide bonds. The Balaban J connectivity index is 1.32. The number of nitrogens with zero attached hydrogens (tertiary/aromatic N) is 2. The van der Waals surface area contributed by atoms with E-state index in [0.29, 0.717) is 39.4 Å². The molecule has 4 aliphatic rings. The largest absolute Gasteiger partial charge is 0.508 e. The summed E-state index contributed by atoms with van der Waals surface area (Å²) in [6.07, 6.45) is 2.27. The van der Waals surface area contributed by atoms with Crippen molar-refractivity contribution in [3.05, 3.63) is 131 Å². The van der Waals surface area contributed by atoms with Gasteiger partial charge in [0.05, 0.1) is 41.7 Å². The van der Waals surface area contributed by atoms with Crippen LogP contribution in [0.15, 0.2) is 109 Å². The standard InChI is InChI=1S/C42H37N3O7/c1-23-12-16-27(17-13-23)43-45-39(49)32-22-31-29(20-21-30-35(31)40(50)44(38(30)48)28-18-14-25(15-19-28)24(2)46)37(36-33(47)10-7-11-34(36)52-3)42(32,41(45)51)26-8-5-4-6-9-26/h4-20,30-32,35,37,43,47H,21-22H2,1-3H3. The fraction of sp³-hybridized carbons (Fsp3) is 0.262. The van der Waals surface area contributed by atoms with Gasteiger partial charge < -0.3 is 9.84 Å². The molecule has 10 nitrogen and oxygen atoms in total. The molecule has 10 heteroatoms. The van der Waals surface area contributed by atoms with E-state index in [-0.39, 0.29) is 30.3 Å². The summed E-state index contributed by atoms with van der Waals surface area (Å²) in [5.41, 5.74) is 5.54. The number of ketones is 1. The number of allylic oxidation sites excluding steroid dienone is 2. The Bertz CT molecular complexity index is 2180. The van der Waals surface area contributed by atoms with Crippen molar-refractivity contribution in [2.45, 2.75) is 38.0 Å². The molecule has 6 atom stereocenters. The van der Waals surface area contributed by atoms with Crippen LogP contribution < -0.4 is 15.1 Å². The molecule has 262 valence electrons. The number of imide groups is 2. The first-order valence-electron chi connectivity index (χ1n) is 17.4. The minimum absolute atomic E-state index is 0.112. The summed E-state index contributed by atoms with van der Waals surface area (Å²) in [5, 5.41) is 12.8. The van der Waals surface area contributed by atoms with Crippen molar-refractivity contribution in [3.8, 4) is 11.5 Å². The van der Waals surface area contributed by atoms with Crippen molar-refractivity contribution in [1.82, 2.24) is 5.01 Å². The van der Waals surface area contributed by atoms with E-state index >= 15 is 4.79 Å². The summed E-state index contributed by atoms with van der Waals surface area (Å²) in [6.45, 7) is 3.39. The minimum Gasteiger partial charge on any atom is -0.508 e. The van der Waals surface area contributed by atoms with E-state index < -0.39 is 52.7 Å². The number of phenolic OH excluding ortho intramolecular Hbond substituents is 1. The second-order valence-corrected chi connectivity index (χ2v) is 14.1. The Morgan fingerprint density at radius 1 is 0.846 bits per heavy atom. The number of carbonyl (C=O) groups excluding carboxylic acids is 5. The average molecular weight is 696 g/mol. The van der Waals surface area contributed by atoms with Gasteiger partial charge in [0.25, 0.3) is 11.8 Å². The molecule has 2 saturated heterocycles. The van der Waals surface area contributed by atoms with Gasteiger partial charge in [0.1, 0.15) is 11.5 Å². The number of aromatic hydroxyl groups is 1. The number of hydrazine groups is 1. The molecular weight excluding hydrogens is 658 g/mol. The Morgan fingerprint density at radius 2 is 1.56 bits per heavy atom. The first-order chi connectivity index (χ1) is 25.1. The monoisotopic (exact) mass is 695 g/mol. The van der Waals surface area contributed by atoms with Gasteiger partial charge in [-0.1, -0.05) is 65.7 Å². The Kier molecular flexibility index (Phi) is 7.86. The van der Waals surface area contributed by atoms with E-state index in [0.717, 1.165) is 10.6 Å². The van der Waals surface area contributed by atoms with Crippen LogP contribution in [0.1, 0.15) is 52.7 Å². The second-order valence-electron chi connectivity index (χ2n) is 14.1. The number of phenols is 1. The quantitative estimate of drug-likeness (QED) is 0.135. The van der Waals surface area contributed by atoms with Crippen LogP contribution in [0.3, 0.4) is 0 Å². The summed E-state index contributed by atoms with van der Waals surface area (Å²) in [5.74, 6) is -5.71. The predicted octanol–water partition coefficient (Wildman–Crippen LogP) is 6.10. The summed E-state index contributed by atoms with van der Waals surface area (Å²) >= 11 is 0. The molecule has 6 unspecified atom stereocenters. The smallest absolute Gasteiger partial charge is 0.260 e. The summed E-state index contributed by atoms with van der Waals surface area (Å²) < 4.78 is 5.84. The number of fused-ring (bicyclic) bond motifs is 4. The van der Waals surface area contributed by atoms with Crippen LogP contribution in [0.2, 0.25) is 0 Å². The van der Waals surface area contributed by atoms with Gasteiger partial charge in [-0.3, -0.25) is 34.3 Å². The minimum atomic E-state index is -1.55. The number of benzene rings is 4. The maximum Gasteiger partial charge on any atom is 0.260 e. The fourth-order valence-corrected chi connectivity index (χ4v) is 9.16. The van der Waals surface area contributed by atoms with Gasteiger partial charge in [-0.05, 0) is 86.7 Å². The SMILES string of the molecule is COc1cccc(O)c1C1C2=CCC3C(=O)N(c4ccc(C(C)=O)cc4)C(=O)C3C2CC2C(=O)N(Nc3ccc(C)cc3)C(=O)C21c1ccccc1. The lowest BCUT2D eigenvalue weighted by molar-refractivity contribution is -0.138. The number of aryl methyl sites for hydroxylation is 1. The van der Waals surface area contributed by atoms with Crippen LogP contribution in [-0.2, 0) is 24.6 Å². The molecule has 0 radical (unpaired) electrons. The molecule has 8 rings (SSSR count). The molecule has 2 N–H and O–H groups in total. The summed E-state index contributed by atoms with van der Waals surface area (Å²) in [6, 6.07) is 27.8. The highest BCUT2D eigenvalue weighted by Crippen LogP contribution is 2.66. The average Bonchev–Trinajstić information content (AvgIpc) is 3.53. The van der Waals surface area contributed by atoms with Gasteiger partial charge >= 0.3 is 0 Å². The zero-order chi connectivity index (χ0) is 36.5. The number of hydrogen-bond donors (Lipinski definition) is 2. The highest BCUT2D eigenvalue weighted by molar-refractivity contribution is 6.22. The normalized spacial score (nSPS) is 26.4. The number of hydrogen-bond acceptors (Lipinski definition) is 8. The molecular formula is C42H37N3O7. The Morgan fingerprint density at radius 3 is 2.23 bits per heavy atom. The van der Waals surface area contributed by atoms with E-state index in [9.17, 15) is 24.3 Å². The van der Waals surface area contributed by atoms with Crippen LogP contribution in [0.5, 0.6) is 11.5 Å². The summed E-state index contributed by atoms with van der Waals surface area (Å²) in [7, 11) is 1.48. The van der Waals surface area contributed by atoms with Crippen LogP contribution in [-0.4, -0.2) is 46.6 Å². The molecule has 52 heavy (non-hydrogen) atoms. The van der Waals surface area contributed by atoms with Crippen LogP contribution in [0, 0.1) is 30.6 Å². The lowest BCUT2D eigenvalue weighted by Crippen LogP contribution is -2.53. The van der Waals surface area contributed by atoms with E-state index in [1.165, 1.54) is 25.0 Å². The first-order valence-corrected chi connectivity index (χ1v) is 17.4. The number of ether oxygens (including phenoxy) is 1. The number of Topliss-reactive ketones (excluding diaryl/α,β-unsaturated/α-hetero) is 1. The van der Waals surface area contributed by atoms with Crippen molar-refractivity contribution in [1.29, 1.82) is 0 Å². The number of amides is 4. The number of anilines is 2. The van der Waals surface area contributed by atoms with Crippen LogP contribution in [0.25, 0.3) is 0 Å². The molecule has 0 spiro atoms. The third kappa shape index (κ3) is 4.73. The van der Waals surface area contributed by atoms with Crippen LogP contribution in [0.4, 0.5) is 11.4 Å². The molecule has 3 fully saturated rings. The van der Waals surface area contributed by atoms with E-state index in [1.807, 2.05) is 55.5 Å². The highest BCUT2D eigenvalue weighted by atomic mass is 16.5. The topological polar surface area (TPSA) is 133 Å². The molecule has 1 saturated carbocycles. The zero-order valence-electron chi connectivity index (χ0n) is 28.9. The molecule has 2 aliphatic heterocycles. The van der Waals surface area contributed by atoms with Gasteiger partial charge in [0.15, 0.2) is 5.78 Å². The van der Waals surface area contributed by atoms with Crippen LogP contribution >= 0.6 is 0 Å². The lowest BCUT2D eigenvalue weighted by Gasteiger charge is -2.50. The second kappa shape index (κ2) is 12.3. The van der Waals surface area contributed by atoms with E-state index in [2.05, 4.69) is 5.43 Å². The lowest BCUT2D eigenvalue weighted by atomic mass is 9.49. The maximum absolute atomic E-state index is 15.3. The molecule has 0 bridgehead atoms. The van der Waals surface area contributed by atoms with Gasteiger partial charge in [-0.25, -0.2) is 0 Å². The number of rotatable bonds is 7. The molecule has 4 aromatic rings. The van der Waals surface area contributed by atoms with Gasteiger partial charge in [-0.15, -0.1) is 0 Å². The van der Waals surface area contributed by atoms with Gasteiger partial charge in [0, 0.05) is 17.0 Å². The van der Waals surface area contributed by atoms with Crippen molar-refractivity contribution < 1.29 is 33.8 Å². The predicted molar refractivity (Wildman–Crippen MR) is 192 cm³/mol. The Hall–Kier alpha value is -6.03. The Labute approximate surface area is 300 Å². The summed E-state index contributed by atoms with van der Waals surface area (Å²) in [4.78, 5) is 71.9. The first kappa shape index (κ1) is 33.1. The number of nitrogens with one attached hydrogen (secondary N) is 1. The maximum atomic E-state index is 15.3. The van der Waals surface area contributed by atoms with Crippen molar-refractivity contribution in [3.63, 3.8) is 0 Å². The number of carbonyl (C=O) groups is 5. The van der Waals surface area contributed by atoms with Gasteiger partial charge in [0.2, 0.25) is 11.8 Å². The molecule has 0 aromatic heterocycles. The zero-order valence-corrected chi connectivity index (χ0v) is 28.9. The third-order valence-corrected chi connectivity index (χ3v) is 11.5. The van der Waals surface area contributed by atoms with Gasteiger partial charge in [-0.2, -0.15) is 5.01 Å². The number of methoxy groups -OCH3 is 1. The molecule has 4 aromatic carbocycles. The highest BCUT2D eigenvalue weighted by Gasteiger charge is 2.71. The van der Waals surface area contributed by atoms with Crippen molar-refractivity contribution in [2.24, 2.45) is 23.7 Å². The third-order valence-electron chi connectivity index (χ3n) is 11.5. The molecule has 2 aliphatic carbocycles. The molecule has 2 heterocycles. The fourth-order valence-electron chi connectivity index (χ4n) is 9.16. The van der Waals surface area contributed by atoms with Crippen molar-refractivity contribution >= 4 is 40.8 Å². The van der Waals surface area contributed by atoms with E-state index in [1.54, 1.807) is 48.5 Å². The van der Waals surface area contributed by atoms with E-state index in [4.69, 9.17) is 4.74 Å².